The van der Waals surface area contributed by atoms with Gasteiger partial charge in [-0.05, 0) is 69.7 Å². The second-order valence-corrected chi connectivity index (χ2v) is 6.21. The zero-order chi connectivity index (χ0) is 18.2. The number of anilines is 1. The van der Waals surface area contributed by atoms with Gasteiger partial charge in [0.1, 0.15) is 5.75 Å². The van der Waals surface area contributed by atoms with Crippen LogP contribution in [0.2, 0.25) is 0 Å². The Labute approximate surface area is 150 Å². The van der Waals surface area contributed by atoms with E-state index >= 15 is 0 Å². The quantitative estimate of drug-likeness (QED) is 0.781. The highest BCUT2D eigenvalue weighted by Gasteiger charge is 2.07. The highest BCUT2D eigenvalue weighted by Crippen LogP contribution is 2.16. The number of rotatable bonds is 8. The number of nitrogens with one attached hydrogen (secondary N) is 1. The van der Waals surface area contributed by atoms with Crippen molar-refractivity contribution in [1.82, 2.24) is 5.32 Å². The Morgan fingerprint density at radius 3 is 2.12 bits per heavy atom. The number of carbonyl (C=O) groups is 1. The van der Waals surface area contributed by atoms with E-state index in [0.29, 0.717) is 12.1 Å². The van der Waals surface area contributed by atoms with E-state index in [9.17, 15) is 4.79 Å². The van der Waals surface area contributed by atoms with Crippen LogP contribution in [0.4, 0.5) is 5.69 Å². The van der Waals surface area contributed by atoms with E-state index in [4.69, 9.17) is 4.74 Å². The summed E-state index contributed by atoms with van der Waals surface area (Å²) in [6, 6.07) is 15.6. The second kappa shape index (κ2) is 9.11. The molecule has 4 nitrogen and oxygen atoms in total. The first-order valence-electron chi connectivity index (χ1n) is 8.92. The van der Waals surface area contributed by atoms with E-state index in [-0.39, 0.29) is 12.0 Å². The third kappa shape index (κ3) is 5.52. The molecule has 0 unspecified atom stereocenters. The van der Waals surface area contributed by atoms with Crippen molar-refractivity contribution in [1.29, 1.82) is 0 Å². The molecule has 0 radical (unpaired) electrons. The van der Waals surface area contributed by atoms with Crippen molar-refractivity contribution >= 4 is 11.6 Å². The van der Waals surface area contributed by atoms with Crippen LogP contribution in [0.25, 0.3) is 0 Å². The molecule has 0 saturated carbocycles. The molecule has 2 aromatic rings. The number of hydrogen-bond acceptors (Lipinski definition) is 3. The number of amides is 1. The molecule has 0 aliphatic rings. The van der Waals surface area contributed by atoms with Crippen LogP contribution in [0.1, 0.15) is 43.6 Å². The molecule has 0 saturated heterocycles. The maximum Gasteiger partial charge on any atom is 0.251 e. The molecule has 0 aliphatic heterocycles. The van der Waals surface area contributed by atoms with Crippen LogP contribution in [-0.2, 0) is 6.54 Å². The van der Waals surface area contributed by atoms with Crippen molar-refractivity contribution < 1.29 is 9.53 Å². The van der Waals surface area contributed by atoms with Crippen molar-refractivity contribution in [3.63, 3.8) is 0 Å². The number of nitrogens with zero attached hydrogens (tertiary/aromatic N) is 1. The molecule has 4 heteroatoms. The number of carbonyl (C=O) groups excluding carboxylic acids is 1. The average Bonchev–Trinajstić information content (AvgIpc) is 2.62. The lowest BCUT2D eigenvalue weighted by atomic mass is 10.1. The molecule has 0 aromatic heterocycles. The Morgan fingerprint density at radius 1 is 1.00 bits per heavy atom. The van der Waals surface area contributed by atoms with Crippen molar-refractivity contribution in [2.45, 2.75) is 40.3 Å². The van der Waals surface area contributed by atoms with E-state index in [0.717, 1.165) is 24.4 Å². The summed E-state index contributed by atoms with van der Waals surface area (Å²) in [5, 5.41) is 2.96. The Kier molecular flexibility index (Phi) is 6.87. The van der Waals surface area contributed by atoms with E-state index in [2.05, 4.69) is 48.3 Å². The molecule has 1 N–H and O–H groups in total. The van der Waals surface area contributed by atoms with E-state index in [1.54, 1.807) is 12.1 Å². The fourth-order valence-corrected chi connectivity index (χ4v) is 2.65. The minimum atomic E-state index is -0.0797. The predicted molar refractivity (Wildman–Crippen MR) is 103 cm³/mol. The van der Waals surface area contributed by atoms with Gasteiger partial charge in [0.25, 0.3) is 5.91 Å². The monoisotopic (exact) mass is 340 g/mol. The van der Waals surface area contributed by atoms with Crippen molar-refractivity contribution in [3.8, 4) is 5.75 Å². The lowest BCUT2D eigenvalue weighted by molar-refractivity contribution is 0.0951. The summed E-state index contributed by atoms with van der Waals surface area (Å²) in [6.07, 6.45) is 0.124. The smallest absolute Gasteiger partial charge is 0.251 e. The Morgan fingerprint density at radius 2 is 1.60 bits per heavy atom. The molecule has 0 aliphatic carbocycles. The van der Waals surface area contributed by atoms with Gasteiger partial charge < -0.3 is 15.0 Å². The zero-order valence-corrected chi connectivity index (χ0v) is 15.6. The second-order valence-electron chi connectivity index (χ2n) is 6.21. The van der Waals surface area contributed by atoms with Crippen LogP contribution in [0.3, 0.4) is 0 Å². The molecule has 2 aromatic carbocycles. The van der Waals surface area contributed by atoms with Crippen LogP contribution < -0.4 is 15.0 Å². The van der Waals surface area contributed by atoms with E-state index < -0.39 is 0 Å². The lowest BCUT2D eigenvalue weighted by Gasteiger charge is -2.21. The SMILES string of the molecule is CCN(CC)c1ccc(CNC(=O)c2ccc(OC(C)C)cc2)cc1. The summed E-state index contributed by atoms with van der Waals surface area (Å²) < 4.78 is 5.59. The molecule has 134 valence electrons. The van der Waals surface area contributed by atoms with E-state index in [1.165, 1.54) is 5.69 Å². The Balaban J connectivity index is 1.91. The maximum atomic E-state index is 12.3. The Hall–Kier alpha value is -2.49. The van der Waals surface area contributed by atoms with Crippen molar-refractivity contribution in [2.24, 2.45) is 0 Å². The van der Waals surface area contributed by atoms with Crippen LogP contribution in [0.5, 0.6) is 5.75 Å². The van der Waals surface area contributed by atoms with Gasteiger partial charge in [-0.1, -0.05) is 12.1 Å². The highest BCUT2D eigenvalue weighted by molar-refractivity contribution is 5.94. The van der Waals surface area contributed by atoms with Gasteiger partial charge in [0, 0.05) is 30.9 Å². The van der Waals surface area contributed by atoms with Gasteiger partial charge in [0.05, 0.1) is 6.10 Å². The minimum Gasteiger partial charge on any atom is -0.491 e. The molecular weight excluding hydrogens is 312 g/mol. The first kappa shape index (κ1) is 18.8. The standard InChI is InChI=1S/C21H28N2O2/c1-5-23(6-2)19-11-7-17(8-12-19)15-22-21(24)18-9-13-20(14-10-18)25-16(3)4/h7-14,16H,5-6,15H2,1-4H3,(H,22,24). The van der Waals surface area contributed by atoms with Gasteiger partial charge in [-0.15, -0.1) is 0 Å². The molecule has 0 bridgehead atoms. The lowest BCUT2D eigenvalue weighted by Crippen LogP contribution is -2.23. The summed E-state index contributed by atoms with van der Waals surface area (Å²) in [7, 11) is 0. The van der Waals surface area contributed by atoms with Gasteiger partial charge >= 0.3 is 0 Å². The molecule has 1 amide bonds. The average molecular weight is 340 g/mol. The van der Waals surface area contributed by atoms with Crippen LogP contribution in [0.15, 0.2) is 48.5 Å². The third-order valence-electron chi connectivity index (χ3n) is 4.01. The summed E-state index contributed by atoms with van der Waals surface area (Å²) in [6.45, 7) is 10.7. The largest absolute Gasteiger partial charge is 0.491 e. The summed E-state index contributed by atoms with van der Waals surface area (Å²) in [5.41, 5.74) is 2.93. The fraction of sp³-hybridized carbons (Fsp3) is 0.381. The van der Waals surface area contributed by atoms with E-state index in [1.807, 2.05) is 26.0 Å². The first-order chi connectivity index (χ1) is 12.0. The summed E-state index contributed by atoms with van der Waals surface area (Å²) in [5.74, 6) is 0.697. The molecule has 0 atom stereocenters. The van der Waals surface area contributed by atoms with Gasteiger partial charge in [0.2, 0.25) is 0 Å². The number of hydrogen-bond donors (Lipinski definition) is 1. The fourth-order valence-electron chi connectivity index (χ4n) is 2.65. The predicted octanol–water partition coefficient (Wildman–Crippen LogP) is 4.25. The number of ether oxygens (including phenoxy) is 1. The molecule has 0 heterocycles. The van der Waals surface area contributed by atoms with Crippen LogP contribution >= 0.6 is 0 Å². The van der Waals surface area contributed by atoms with Gasteiger partial charge in [-0.2, -0.15) is 0 Å². The minimum absolute atomic E-state index is 0.0797. The van der Waals surface area contributed by atoms with Crippen molar-refractivity contribution in [2.75, 3.05) is 18.0 Å². The zero-order valence-electron chi connectivity index (χ0n) is 15.6. The first-order valence-corrected chi connectivity index (χ1v) is 8.92. The topological polar surface area (TPSA) is 41.6 Å². The molecule has 0 fully saturated rings. The maximum absolute atomic E-state index is 12.3. The molecule has 25 heavy (non-hydrogen) atoms. The van der Waals surface area contributed by atoms with Crippen molar-refractivity contribution in [3.05, 3.63) is 59.7 Å². The Bertz CT molecular complexity index is 659. The third-order valence-corrected chi connectivity index (χ3v) is 4.01. The number of benzene rings is 2. The van der Waals surface area contributed by atoms with Crippen LogP contribution in [0, 0.1) is 0 Å². The van der Waals surface area contributed by atoms with Crippen LogP contribution in [-0.4, -0.2) is 25.1 Å². The van der Waals surface area contributed by atoms with Gasteiger partial charge in [-0.25, -0.2) is 0 Å². The van der Waals surface area contributed by atoms with Gasteiger partial charge in [-0.3, -0.25) is 4.79 Å². The molecule has 0 spiro atoms. The summed E-state index contributed by atoms with van der Waals surface area (Å²) >= 11 is 0. The highest BCUT2D eigenvalue weighted by atomic mass is 16.5. The molecule has 2 rings (SSSR count). The van der Waals surface area contributed by atoms with Gasteiger partial charge in [0.15, 0.2) is 0 Å². The summed E-state index contributed by atoms with van der Waals surface area (Å²) in [4.78, 5) is 14.6. The molecular formula is C21H28N2O2. The normalized spacial score (nSPS) is 10.6.